The molecule has 1 heterocycles. The van der Waals surface area contributed by atoms with E-state index in [1.54, 1.807) is 30.3 Å². The van der Waals surface area contributed by atoms with Crippen molar-refractivity contribution in [2.24, 2.45) is 11.8 Å². The van der Waals surface area contributed by atoms with E-state index in [-0.39, 0.29) is 23.5 Å². The van der Waals surface area contributed by atoms with E-state index < -0.39 is 0 Å². The van der Waals surface area contributed by atoms with Crippen molar-refractivity contribution in [3.8, 4) is 5.75 Å². The summed E-state index contributed by atoms with van der Waals surface area (Å²) in [5, 5.41) is 11.5. The monoisotopic (exact) mass is 319 g/mol. The largest absolute Gasteiger partial charge is 0.507 e. The van der Waals surface area contributed by atoms with E-state index in [1.165, 1.54) is 10.5 Å². The number of allylic oxidation sites excluding steroid dienone is 1. The highest BCUT2D eigenvalue weighted by atomic mass is 16.3. The van der Waals surface area contributed by atoms with Crippen molar-refractivity contribution in [2.45, 2.75) is 25.7 Å². The highest BCUT2D eigenvalue weighted by Crippen LogP contribution is 2.50. The maximum absolute atomic E-state index is 13.1. The number of nitrogens with zero attached hydrogens (tertiary/aromatic N) is 1. The first-order valence-electron chi connectivity index (χ1n) is 8.47. The zero-order valence-corrected chi connectivity index (χ0v) is 13.2. The number of phenols is 1. The minimum atomic E-state index is -0.248. The third kappa shape index (κ3) is 1.63. The number of carbonyl (C=O) groups is 2. The number of aromatic hydroxyl groups is 1. The van der Waals surface area contributed by atoms with Gasteiger partial charge >= 0.3 is 0 Å². The Morgan fingerprint density at radius 3 is 2.42 bits per heavy atom. The first-order chi connectivity index (χ1) is 11.7. The second-order valence-electron chi connectivity index (χ2n) is 6.96. The molecule has 1 saturated carbocycles. The summed E-state index contributed by atoms with van der Waals surface area (Å²) in [7, 11) is 0. The first-order valence-corrected chi connectivity index (χ1v) is 8.47. The van der Waals surface area contributed by atoms with Crippen molar-refractivity contribution in [1.29, 1.82) is 0 Å². The van der Waals surface area contributed by atoms with Gasteiger partial charge in [0.05, 0.1) is 11.6 Å². The molecule has 24 heavy (non-hydrogen) atoms. The van der Waals surface area contributed by atoms with Crippen LogP contribution in [0.2, 0.25) is 0 Å². The molecule has 6 rings (SSSR count). The molecule has 120 valence electrons. The van der Waals surface area contributed by atoms with Gasteiger partial charge in [0, 0.05) is 16.3 Å². The van der Waals surface area contributed by atoms with Gasteiger partial charge in [-0.15, -0.1) is 0 Å². The number of rotatable bonds is 1. The Balaban J connectivity index is 1.72. The van der Waals surface area contributed by atoms with Crippen LogP contribution in [0.1, 0.15) is 25.7 Å². The quantitative estimate of drug-likeness (QED) is 0.818. The Morgan fingerprint density at radius 1 is 0.958 bits per heavy atom. The van der Waals surface area contributed by atoms with E-state index in [0.717, 1.165) is 36.6 Å². The smallest absolute Gasteiger partial charge is 0.261 e. The lowest BCUT2D eigenvalue weighted by Crippen LogP contribution is -2.33. The van der Waals surface area contributed by atoms with E-state index in [4.69, 9.17) is 0 Å². The molecule has 4 heteroatoms. The van der Waals surface area contributed by atoms with Gasteiger partial charge in [-0.05, 0) is 43.7 Å². The molecule has 2 amide bonds. The molecule has 2 aromatic carbocycles. The van der Waals surface area contributed by atoms with Crippen LogP contribution in [0.15, 0.2) is 47.5 Å². The van der Waals surface area contributed by atoms with Crippen LogP contribution in [0.3, 0.4) is 0 Å². The Kier molecular flexibility index (Phi) is 2.70. The van der Waals surface area contributed by atoms with Gasteiger partial charge in [0.2, 0.25) is 5.91 Å². The molecule has 0 aromatic heterocycles. The molecular formula is C20H17NO3. The third-order valence-corrected chi connectivity index (χ3v) is 5.83. The lowest BCUT2D eigenvalue weighted by molar-refractivity contribution is -0.123. The Bertz CT molecular complexity index is 933. The summed E-state index contributed by atoms with van der Waals surface area (Å²) >= 11 is 0. The number of anilines is 1. The van der Waals surface area contributed by atoms with Gasteiger partial charge in [0.15, 0.2) is 0 Å². The van der Waals surface area contributed by atoms with E-state index in [0.29, 0.717) is 17.0 Å². The first kappa shape index (κ1) is 13.8. The summed E-state index contributed by atoms with van der Waals surface area (Å²) in [6.45, 7) is 0. The minimum Gasteiger partial charge on any atom is -0.507 e. The van der Waals surface area contributed by atoms with Crippen LogP contribution < -0.4 is 4.90 Å². The molecule has 3 aliphatic carbocycles. The van der Waals surface area contributed by atoms with Crippen LogP contribution in [0.4, 0.5) is 5.69 Å². The summed E-state index contributed by atoms with van der Waals surface area (Å²) in [4.78, 5) is 27.5. The second kappa shape index (κ2) is 4.69. The lowest BCUT2D eigenvalue weighted by atomic mass is 9.67. The molecule has 1 saturated heterocycles. The van der Waals surface area contributed by atoms with E-state index in [1.807, 2.05) is 6.07 Å². The van der Waals surface area contributed by atoms with Crippen molar-refractivity contribution in [2.75, 3.05) is 4.90 Å². The Hall–Kier alpha value is -2.62. The van der Waals surface area contributed by atoms with Gasteiger partial charge in [0.1, 0.15) is 5.75 Å². The highest BCUT2D eigenvalue weighted by Gasteiger charge is 2.52. The van der Waals surface area contributed by atoms with Gasteiger partial charge in [0.25, 0.3) is 5.91 Å². The highest BCUT2D eigenvalue weighted by molar-refractivity contribution is 6.32. The molecule has 2 bridgehead atoms. The van der Waals surface area contributed by atoms with Gasteiger partial charge in [-0.25, -0.2) is 4.90 Å². The molecule has 1 unspecified atom stereocenters. The van der Waals surface area contributed by atoms with Crippen LogP contribution in [0.25, 0.3) is 10.8 Å². The predicted octanol–water partition coefficient (Wildman–Crippen LogP) is 3.54. The van der Waals surface area contributed by atoms with Crippen LogP contribution in [0.5, 0.6) is 5.75 Å². The SMILES string of the molecule is O=C1C2=C3CCC(CC3)C2C(=O)N1c1cccc2c(O)cccc12. The van der Waals surface area contributed by atoms with Gasteiger partial charge in [-0.2, -0.15) is 0 Å². The normalized spacial score (nSPS) is 25.8. The van der Waals surface area contributed by atoms with Crippen LogP contribution in [0, 0.1) is 11.8 Å². The predicted molar refractivity (Wildman–Crippen MR) is 90.6 cm³/mol. The van der Waals surface area contributed by atoms with Crippen LogP contribution in [-0.2, 0) is 9.59 Å². The molecule has 0 radical (unpaired) electrons. The molecule has 0 spiro atoms. The average molecular weight is 319 g/mol. The summed E-state index contributed by atoms with van der Waals surface area (Å²) in [5.41, 5.74) is 2.53. The van der Waals surface area contributed by atoms with E-state index in [9.17, 15) is 14.7 Å². The number of hydrogen-bond donors (Lipinski definition) is 1. The fourth-order valence-electron chi connectivity index (χ4n) is 4.72. The molecule has 1 atom stereocenters. The van der Waals surface area contributed by atoms with Crippen molar-refractivity contribution >= 4 is 28.3 Å². The standard InChI is InChI=1S/C20H17NO3/c22-16-6-2-3-13-14(16)4-1-5-15(13)21-19(23)17-11-7-8-12(10-9-11)18(17)20(21)24/h1-6,11,17,22H,7-10H2. The van der Waals surface area contributed by atoms with E-state index in [2.05, 4.69) is 0 Å². The summed E-state index contributed by atoms with van der Waals surface area (Å²) in [5.74, 6) is -0.0224. The Labute approximate surface area is 139 Å². The maximum Gasteiger partial charge on any atom is 0.261 e. The minimum absolute atomic E-state index is 0.0901. The fraction of sp³-hybridized carbons (Fsp3) is 0.300. The van der Waals surface area contributed by atoms with Gasteiger partial charge in [-0.1, -0.05) is 29.8 Å². The van der Waals surface area contributed by atoms with Crippen LogP contribution in [-0.4, -0.2) is 16.9 Å². The number of imide groups is 1. The van der Waals surface area contributed by atoms with Crippen molar-refractivity contribution < 1.29 is 14.7 Å². The molecular weight excluding hydrogens is 302 g/mol. The van der Waals surface area contributed by atoms with Crippen molar-refractivity contribution in [1.82, 2.24) is 0 Å². The van der Waals surface area contributed by atoms with E-state index >= 15 is 0 Å². The topological polar surface area (TPSA) is 57.6 Å². The number of amides is 2. The summed E-state index contributed by atoms with van der Waals surface area (Å²) in [6.07, 6.45) is 3.96. The Morgan fingerprint density at radius 2 is 1.67 bits per heavy atom. The number of fused-ring (bicyclic) bond motifs is 3. The zero-order valence-electron chi connectivity index (χ0n) is 13.2. The van der Waals surface area contributed by atoms with Crippen molar-refractivity contribution in [3.63, 3.8) is 0 Å². The van der Waals surface area contributed by atoms with Crippen LogP contribution >= 0.6 is 0 Å². The zero-order chi connectivity index (χ0) is 16.4. The third-order valence-electron chi connectivity index (χ3n) is 5.83. The fourth-order valence-corrected chi connectivity index (χ4v) is 4.72. The average Bonchev–Trinajstić information content (AvgIpc) is 2.89. The molecule has 1 N–H and O–H groups in total. The van der Waals surface area contributed by atoms with Gasteiger partial charge < -0.3 is 5.11 Å². The molecule has 4 nitrogen and oxygen atoms in total. The summed E-state index contributed by atoms with van der Waals surface area (Å²) < 4.78 is 0. The molecule has 2 fully saturated rings. The summed E-state index contributed by atoms with van der Waals surface area (Å²) in [6, 6.07) is 10.6. The lowest BCUT2D eigenvalue weighted by Gasteiger charge is -2.34. The number of hydrogen-bond acceptors (Lipinski definition) is 3. The second-order valence-corrected chi connectivity index (χ2v) is 6.96. The molecule has 2 aromatic rings. The number of carbonyl (C=O) groups excluding carboxylic acids is 2. The maximum atomic E-state index is 13.1. The number of phenolic OH excluding ortho intramolecular Hbond substituents is 1. The number of benzene rings is 2. The van der Waals surface area contributed by atoms with Crippen molar-refractivity contribution in [3.05, 3.63) is 47.5 Å². The molecule has 4 aliphatic rings. The molecule has 1 aliphatic heterocycles. The van der Waals surface area contributed by atoms with Gasteiger partial charge in [-0.3, -0.25) is 9.59 Å².